The van der Waals surface area contributed by atoms with Crippen LogP contribution in [-0.2, 0) is 22.6 Å². The van der Waals surface area contributed by atoms with Crippen LogP contribution in [0.25, 0.3) is 16.6 Å². The van der Waals surface area contributed by atoms with E-state index in [0.29, 0.717) is 18.7 Å². The summed E-state index contributed by atoms with van der Waals surface area (Å²) in [7, 11) is 1.73. The van der Waals surface area contributed by atoms with Crippen LogP contribution in [-0.4, -0.2) is 51.6 Å². The molecule has 31 heavy (non-hydrogen) atoms. The molecule has 4 heterocycles. The Morgan fingerprint density at radius 2 is 1.81 bits per heavy atom. The molecule has 1 fully saturated rings. The van der Waals surface area contributed by atoms with Gasteiger partial charge >= 0.3 is 0 Å². The summed E-state index contributed by atoms with van der Waals surface area (Å²) < 4.78 is 13.3. The number of carbonyl (C=O) groups excluding carboxylic acids is 2. The van der Waals surface area contributed by atoms with Crippen LogP contribution in [0.5, 0.6) is 11.5 Å². The average molecular weight is 417 g/mol. The van der Waals surface area contributed by atoms with E-state index in [9.17, 15) is 9.59 Å². The number of ether oxygens (including phenoxy) is 2. The van der Waals surface area contributed by atoms with Crippen LogP contribution in [0.1, 0.15) is 25.1 Å². The number of likely N-dealkylation sites (N-methyl/N-ethyl adjacent to an activating group) is 1. The molecule has 0 N–H and O–H groups in total. The lowest BCUT2D eigenvalue weighted by atomic mass is 9.88. The molecule has 3 aliphatic heterocycles. The van der Waals surface area contributed by atoms with Gasteiger partial charge in [0.1, 0.15) is 11.6 Å². The Morgan fingerprint density at radius 1 is 1.03 bits per heavy atom. The molecule has 0 spiro atoms. The maximum Gasteiger partial charge on any atom is 0.249 e. The van der Waals surface area contributed by atoms with Crippen LogP contribution in [0.4, 0.5) is 0 Å². The Bertz CT molecular complexity index is 1280. The molecule has 0 saturated carbocycles. The van der Waals surface area contributed by atoms with Gasteiger partial charge in [0.15, 0.2) is 11.5 Å². The first-order valence-electron chi connectivity index (χ1n) is 10.5. The highest BCUT2D eigenvalue weighted by molar-refractivity contribution is 6.00. The number of benzene rings is 2. The number of amides is 2. The first-order chi connectivity index (χ1) is 14.9. The molecule has 7 nitrogen and oxygen atoms in total. The lowest BCUT2D eigenvalue weighted by molar-refractivity contribution is -0.168. The minimum absolute atomic E-state index is 0.00448. The molecule has 2 amide bonds. The zero-order chi connectivity index (χ0) is 21.5. The van der Waals surface area contributed by atoms with Gasteiger partial charge in [-0.2, -0.15) is 0 Å². The summed E-state index contributed by atoms with van der Waals surface area (Å²) in [6, 6.07) is 13.6. The van der Waals surface area contributed by atoms with Crippen LogP contribution in [0.3, 0.4) is 0 Å². The molecule has 0 bridgehead atoms. The molecule has 3 aliphatic rings. The van der Waals surface area contributed by atoms with E-state index in [-0.39, 0.29) is 18.6 Å². The molecular formula is C24H23N3O4. The number of para-hydroxylation sites is 1. The van der Waals surface area contributed by atoms with Crippen molar-refractivity contribution in [3.05, 3.63) is 53.7 Å². The summed E-state index contributed by atoms with van der Waals surface area (Å²) in [5.74, 6) is 1.42. The third kappa shape index (κ3) is 2.34. The average Bonchev–Trinajstić information content (AvgIpc) is 3.37. The van der Waals surface area contributed by atoms with Gasteiger partial charge in [-0.15, -0.1) is 0 Å². The number of rotatable bonds is 1. The molecule has 1 saturated heterocycles. The fraction of sp³-hybridized carbons (Fsp3) is 0.333. The Balaban J connectivity index is 1.56. The van der Waals surface area contributed by atoms with Crippen LogP contribution in [0.15, 0.2) is 42.5 Å². The highest BCUT2D eigenvalue weighted by Gasteiger charge is 2.51. The third-order valence-electron chi connectivity index (χ3n) is 7.03. The van der Waals surface area contributed by atoms with Crippen LogP contribution >= 0.6 is 0 Å². The van der Waals surface area contributed by atoms with Gasteiger partial charge in [-0.25, -0.2) is 0 Å². The van der Waals surface area contributed by atoms with E-state index in [2.05, 4.69) is 16.7 Å². The Kier molecular flexibility index (Phi) is 3.56. The van der Waals surface area contributed by atoms with Crippen molar-refractivity contribution in [3.8, 4) is 17.2 Å². The van der Waals surface area contributed by atoms with E-state index in [1.165, 1.54) is 0 Å². The predicted octanol–water partition coefficient (Wildman–Crippen LogP) is 2.86. The minimum Gasteiger partial charge on any atom is -0.454 e. The maximum absolute atomic E-state index is 13.3. The fourth-order valence-electron chi connectivity index (χ4n) is 5.08. The molecule has 2 aromatic carbocycles. The predicted molar refractivity (Wildman–Crippen MR) is 114 cm³/mol. The van der Waals surface area contributed by atoms with E-state index in [0.717, 1.165) is 33.6 Å². The SMILES string of the molecule is CN1C(=O)[C@H]2Cc3c(n(-c4ccc5c(c4)OCO5)c4ccccc34)CN2C(=O)C1(C)C. The topological polar surface area (TPSA) is 64.0 Å². The second-order valence-corrected chi connectivity index (χ2v) is 8.92. The van der Waals surface area contributed by atoms with Crippen molar-refractivity contribution in [2.75, 3.05) is 13.8 Å². The summed E-state index contributed by atoms with van der Waals surface area (Å²) in [4.78, 5) is 29.9. The second-order valence-electron chi connectivity index (χ2n) is 8.92. The number of carbonyl (C=O) groups is 2. The molecule has 6 rings (SSSR count). The van der Waals surface area contributed by atoms with Crippen molar-refractivity contribution in [1.29, 1.82) is 0 Å². The third-order valence-corrected chi connectivity index (χ3v) is 7.03. The number of nitrogens with zero attached hydrogens (tertiary/aromatic N) is 3. The number of aromatic nitrogens is 1. The molecule has 3 aromatic rings. The van der Waals surface area contributed by atoms with E-state index >= 15 is 0 Å². The van der Waals surface area contributed by atoms with Crippen LogP contribution < -0.4 is 9.47 Å². The summed E-state index contributed by atoms with van der Waals surface area (Å²) in [6.07, 6.45) is 0.512. The minimum atomic E-state index is -0.860. The Labute approximate surface area is 179 Å². The van der Waals surface area contributed by atoms with Gasteiger partial charge in [-0.3, -0.25) is 9.59 Å². The monoisotopic (exact) mass is 417 g/mol. The van der Waals surface area contributed by atoms with Crippen molar-refractivity contribution in [1.82, 2.24) is 14.4 Å². The highest BCUT2D eigenvalue weighted by Crippen LogP contribution is 2.41. The highest BCUT2D eigenvalue weighted by atomic mass is 16.7. The normalized spacial score (nSPS) is 21.5. The zero-order valence-corrected chi connectivity index (χ0v) is 17.7. The van der Waals surface area contributed by atoms with Crippen molar-refractivity contribution in [2.45, 2.75) is 38.4 Å². The quantitative estimate of drug-likeness (QED) is 0.611. The molecule has 1 atom stereocenters. The van der Waals surface area contributed by atoms with Crippen LogP contribution in [0, 0.1) is 0 Å². The zero-order valence-electron chi connectivity index (χ0n) is 17.7. The summed E-state index contributed by atoms with van der Waals surface area (Å²) in [5, 5.41) is 1.11. The van der Waals surface area contributed by atoms with Gasteiger partial charge in [0, 0.05) is 36.3 Å². The lowest BCUT2D eigenvalue weighted by Gasteiger charge is -2.49. The molecule has 1 aromatic heterocycles. The van der Waals surface area contributed by atoms with Crippen molar-refractivity contribution >= 4 is 22.7 Å². The second kappa shape index (κ2) is 6.03. The first-order valence-corrected chi connectivity index (χ1v) is 10.5. The van der Waals surface area contributed by atoms with Crippen LogP contribution in [0.2, 0.25) is 0 Å². The molecular weight excluding hydrogens is 394 g/mol. The smallest absolute Gasteiger partial charge is 0.249 e. The number of piperazine rings is 1. The molecule has 158 valence electrons. The first kappa shape index (κ1) is 18.3. The summed E-state index contributed by atoms with van der Waals surface area (Å²) in [6.45, 7) is 4.24. The van der Waals surface area contributed by atoms with Gasteiger partial charge in [0.2, 0.25) is 18.6 Å². The van der Waals surface area contributed by atoms with E-state index in [4.69, 9.17) is 9.47 Å². The molecule has 0 unspecified atom stereocenters. The number of fused-ring (bicyclic) bond motifs is 5. The van der Waals surface area contributed by atoms with Crippen molar-refractivity contribution < 1.29 is 19.1 Å². The summed E-state index contributed by atoms with van der Waals surface area (Å²) in [5.41, 5.74) is 3.31. The van der Waals surface area contributed by atoms with E-state index < -0.39 is 11.6 Å². The standard InChI is InChI=1S/C24H23N3O4/c1-24(2)23(29)26-12-19-16(11-18(26)22(28)25(24)3)15-6-4-5-7-17(15)27(19)14-8-9-20-21(10-14)31-13-30-20/h4-10,18H,11-13H2,1-3H3/t18-/m1/s1. The van der Waals surface area contributed by atoms with Gasteiger partial charge in [-0.05, 0) is 37.6 Å². The summed E-state index contributed by atoms with van der Waals surface area (Å²) >= 11 is 0. The van der Waals surface area contributed by atoms with Crippen molar-refractivity contribution in [2.24, 2.45) is 0 Å². The van der Waals surface area contributed by atoms with Gasteiger partial charge in [0.25, 0.3) is 0 Å². The van der Waals surface area contributed by atoms with E-state index in [1.54, 1.807) is 16.8 Å². The molecule has 7 heteroatoms. The fourth-order valence-corrected chi connectivity index (χ4v) is 5.08. The maximum atomic E-state index is 13.3. The van der Waals surface area contributed by atoms with E-state index in [1.807, 2.05) is 44.2 Å². The number of hydrogen-bond acceptors (Lipinski definition) is 4. The van der Waals surface area contributed by atoms with Gasteiger partial charge in [-0.1, -0.05) is 18.2 Å². The van der Waals surface area contributed by atoms with Gasteiger partial charge < -0.3 is 23.8 Å². The Hall–Kier alpha value is -3.48. The lowest BCUT2D eigenvalue weighted by Crippen LogP contribution is -2.69. The number of hydrogen-bond donors (Lipinski definition) is 0. The molecule has 0 aliphatic carbocycles. The molecule has 0 radical (unpaired) electrons. The largest absolute Gasteiger partial charge is 0.454 e. The van der Waals surface area contributed by atoms with Crippen molar-refractivity contribution in [3.63, 3.8) is 0 Å². The van der Waals surface area contributed by atoms with Gasteiger partial charge in [0.05, 0.1) is 12.1 Å². The Morgan fingerprint density at radius 3 is 2.65 bits per heavy atom.